The van der Waals surface area contributed by atoms with E-state index in [9.17, 15) is 17.2 Å². The molecule has 2 rings (SSSR count). The third-order valence-electron chi connectivity index (χ3n) is 2.81. The number of aryl methyl sites for hydroxylation is 1. The summed E-state index contributed by atoms with van der Waals surface area (Å²) in [6.45, 7) is 0.195. The minimum Gasteiger partial charge on any atom is -0.276 e. The summed E-state index contributed by atoms with van der Waals surface area (Å²) >= 11 is 0. The maximum atomic E-state index is 12.7. The largest absolute Gasteiger partial charge is 0.319 e. The summed E-state index contributed by atoms with van der Waals surface area (Å²) in [5, 5.41) is 4.01. The predicted molar refractivity (Wildman–Crippen MR) is 67.3 cm³/mol. The van der Waals surface area contributed by atoms with Crippen molar-refractivity contribution in [3.63, 3.8) is 0 Å². The predicted octanol–water partition coefficient (Wildman–Crippen LogP) is 2.07. The summed E-state index contributed by atoms with van der Waals surface area (Å²) in [5.41, 5.74) is 0.494. The molecule has 0 aromatic carbocycles. The first kappa shape index (κ1) is 14.9. The Labute approximate surface area is 118 Å². The number of imidazole rings is 1. The number of halogens is 3. The van der Waals surface area contributed by atoms with Crippen molar-refractivity contribution in [3.8, 4) is 0 Å². The molecule has 20 heavy (non-hydrogen) atoms. The van der Waals surface area contributed by atoms with Crippen LogP contribution in [0.15, 0.2) is 17.3 Å². The lowest BCUT2D eigenvalue weighted by Gasteiger charge is -2.07. The van der Waals surface area contributed by atoms with E-state index in [4.69, 9.17) is 10.7 Å². The van der Waals surface area contributed by atoms with Crippen molar-refractivity contribution in [1.82, 2.24) is 19.3 Å². The molecule has 0 fully saturated rings. The van der Waals surface area contributed by atoms with Gasteiger partial charge in [0.1, 0.15) is 10.7 Å². The van der Waals surface area contributed by atoms with Gasteiger partial charge in [0, 0.05) is 23.1 Å². The number of nitrogens with zero attached hydrogens (tertiary/aromatic N) is 4. The van der Waals surface area contributed by atoms with Gasteiger partial charge in [-0.15, -0.1) is 0 Å². The lowest BCUT2D eigenvalue weighted by molar-refractivity contribution is 0.0665. The van der Waals surface area contributed by atoms with Crippen molar-refractivity contribution in [3.05, 3.63) is 29.6 Å². The topological polar surface area (TPSA) is 69.8 Å². The van der Waals surface area contributed by atoms with Crippen molar-refractivity contribution in [2.45, 2.75) is 31.8 Å². The summed E-state index contributed by atoms with van der Waals surface area (Å²) in [4.78, 5) is 3.71. The van der Waals surface area contributed by atoms with Crippen molar-refractivity contribution >= 4 is 19.7 Å². The summed E-state index contributed by atoms with van der Waals surface area (Å²) in [7, 11) is 1.39. The van der Waals surface area contributed by atoms with Gasteiger partial charge in [0.15, 0.2) is 0 Å². The molecule has 2 aromatic rings. The van der Waals surface area contributed by atoms with E-state index in [1.54, 1.807) is 0 Å². The van der Waals surface area contributed by atoms with Crippen molar-refractivity contribution in [2.24, 2.45) is 0 Å². The number of rotatable bonds is 4. The third-order valence-corrected chi connectivity index (χ3v) is 4.35. The van der Waals surface area contributed by atoms with Gasteiger partial charge in [0.2, 0.25) is 0 Å². The van der Waals surface area contributed by atoms with Gasteiger partial charge < -0.3 is 0 Å². The fourth-order valence-corrected chi connectivity index (χ4v) is 3.49. The zero-order valence-electron chi connectivity index (χ0n) is 10.6. The Balaban J connectivity index is 2.43. The van der Waals surface area contributed by atoms with Crippen LogP contribution in [0.1, 0.15) is 23.8 Å². The second-order valence-corrected chi connectivity index (χ2v) is 6.63. The van der Waals surface area contributed by atoms with E-state index in [1.165, 1.54) is 24.7 Å². The molecule has 0 spiro atoms. The number of alkyl halides is 2. The second kappa shape index (κ2) is 5.13. The summed E-state index contributed by atoms with van der Waals surface area (Å²) in [5.74, 6) is 0.0733. The summed E-state index contributed by atoms with van der Waals surface area (Å²) < 4.78 is 50.3. The van der Waals surface area contributed by atoms with Gasteiger partial charge in [-0.2, -0.15) is 13.9 Å². The van der Waals surface area contributed by atoms with E-state index in [2.05, 4.69) is 10.1 Å². The maximum absolute atomic E-state index is 12.7. The lowest BCUT2D eigenvalue weighted by Crippen LogP contribution is -2.11. The molecule has 0 N–H and O–H groups in total. The molecule has 0 bridgehead atoms. The molecule has 0 atom stereocenters. The van der Waals surface area contributed by atoms with Crippen LogP contribution in [-0.4, -0.2) is 27.7 Å². The van der Waals surface area contributed by atoms with Crippen LogP contribution >= 0.6 is 10.7 Å². The van der Waals surface area contributed by atoms with Gasteiger partial charge in [0.05, 0.1) is 17.9 Å². The van der Waals surface area contributed by atoms with Crippen LogP contribution in [0.4, 0.5) is 8.78 Å². The molecule has 0 saturated carbocycles. The summed E-state index contributed by atoms with van der Waals surface area (Å²) in [6, 6.07) is 0. The fraction of sp³-hybridized carbons (Fsp3) is 0.400. The van der Waals surface area contributed by atoms with E-state index in [0.717, 1.165) is 6.20 Å². The summed E-state index contributed by atoms with van der Waals surface area (Å²) in [6.07, 6.45) is 2.39. The van der Waals surface area contributed by atoms with Crippen molar-refractivity contribution in [1.29, 1.82) is 0 Å². The molecule has 0 unspecified atom stereocenters. The molecule has 2 heterocycles. The minimum atomic E-state index is -3.94. The highest BCUT2D eigenvalue weighted by Crippen LogP contribution is 2.24. The van der Waals surface area contributed by atoms with Gasteiger partial charge >= 0.3 is 6.55 Å². The molecule has 6 nitrogen and oxygen atoms in total. The third kappa shape index (κ3) is 2.68. The zero-order valence-corrected chi connectivity index (χ0v) is 12.2. The maximum Gasteiger partial charge on any atom is 0.319 e. The quantitative estimate of drug-likeness (QED) is 0.807. The highest BCUT2D eigenvalue weighted by molar-refractivity contribution is 8.13. The Morgan fingerprint density at radius 2 is 2.05 bits per heavy atom. The molecule has 2 aromatic heterocycles. The van der Waals surface area contributed by atoms with Crippen LogP contribution < -0.4 is 0 Å². The van der Waals surface area contributed by atoms with Crippen LogP contribution in [0.5, 0.6) is 0 Å². The number of aromatic nitrogens is 4. The van der Waals surface area contributed by atoms with E-state index < -0.39 is 15.6 Å². The number of hydrogen-bond acceptors (Lipinski definition) is 4. The zero-order chi connectivity index (χ0) is 15.1. The molecular weight excluding hydrogens is 314 g/mol. The lowest BCUT2D eigenvalue weighted by atomic mass is 10.4. The van der Waals surface area contributed by atoms with Crippen LogP contribution in [-0.2, 0) is 15.6 Å². The van der Waals surface area contributed by atoms with E-state index in [0.29, 0.717) is 4.57 Å². The SMILES string of the molecule is Cc1nn(Cc2nccn2C(F)F)c(C)c1S(=O)(=O)Cl. The molecule has 0 radical (unpaired) electrons. The van der Waals surface area contributed by atoms with Gasteiger partial charge in [-0.25, -0.2) is 13.4 Å². The van der Waals surface area contributed by atoms with E-state index >= 15 is 0 Å². The molecule has 110 valence electrons. The molecule has 0 amide bonds. The highest BCUT2D eigenvalue weighted by Gasteiger charge is 2.23. The Morgan fingerprint density at radius 1 is 1.40 bits per heavy atom. The number of hydrogen-bond donors (Lipinski definition) is 0. The monoisotopic (exact) mass is 324 g/mol. The van der Waals surface area contributed by atoms with Crippen molar-refractivity contribution < 1.29 is 17.2 Å². The van der Waals surface area contributed by atoms with Crippen LogP contribution in [0.3, 0.4) is 0 Å². The average molecular weight is 325 g/mol. The Morgan fingerprint density at radius 3 is 2.55 bits per heavy atom. The standard InChI is InChI=1S/C10H11ClF2N4O2S/c1-6-9(20(11,18)19)7(2)17(15-6)5-8-14-3-4-16(8)10(12)13/h3-4,10H,5H2,1-2H3. The minimum absolute atomic E-state index is 0.0730. The Hall–Kier alpha value is -1.48. The molecule has 10 heteroatoms. The average Bonchev–Trinajstić information content (AvgIpc) is 2.84. The van der Waals surface area contributed by atoms with Gasteiger partial charge in [-0.3, -0.25) is 9.25 Å². The van der Waals surface area contributed by atoms with Gasteiger partial charge in [-0.1, -0.05) is 0 Å². The second-order valence-electron chi connectivity index (χ2n) is 4.12. The van der Waals surface area contributed by atoms with Gasteiger partial charge in [0.25, 0.3) is 9.05 Å². The van der Waals surface area contributed by atoms with Gasteiger partial charge in [-0.05, 0) is 13.8 Å². The first-order valence-electron chi connectivity index (χ1n) is 5.50. The fourth-order valence-electron chi connectivity index (χ4n) is 1.97. The molecular formula is C10H11ClF2N4O2S. The van der Waals surface area contributed by atoms with Crippen LogP contribution in [0.25, 0.3) is 0 Å². The van der Waals surface area contributed by atoms with Crippen molar-refractivity contribution in [2.75, 3.05) is 0 Å². The smallest absolute Gasteiger partial charge is 0.276 e. The molecule has 0 saturated heterocycles. The highest BCUT2D eigenvalue weighted by atomic mass is 35.7. The normalized spacial score (nSPS) is 12.3. The van der Waals surface area contributed by atoms with Crippen LogP contribution in [0.2, 0.25) is 0 Å². The Kier molecular flexibility index (Phi) is 3.83. The molecule has 0 aliphatic carbocycles. The molecule has 0 aliphatic heterocycles. The molecule has 0 aliphatic rings. The first-order chi connectivity index (χ1) is 9.21. The Bertz CT molecular complexity index is 739. The van der Waals surface area contributed by atoms with Crippen LogP contribution in [0, 0.1) is 13.8 Å². The van der Waals surface area contributed by atoms with E-state index in [-0.39, 0.29) is 28.7 Å². The van der Waals surface area contributed by atoms with E-state index in [1.807, 2.05) is 0 Å². The first-order valence-corrected chi connectivity index (χ1v) is 7.81.